The van der Waals surface area contributed by atoms with Crippen LogP contribution < -0.4 is 4.90 Å². The Morgan fingerprint density at radius 2 is 2.00 bits per heavy atom. The van der Waals surface area contributed by atoms with Gasteiger partial charge in [0.1, 0.15) is 0 Å². The highest BCUT2D eigenvalue weighted by Crippen LogP contribution is 2.28. The average molecular weight is 276 g/mol. The molecule has 0 unspecified atom stereocenters. The molecule has 2 heterocycles. The molecule has 0 amide bonds. The van der Waals surface area contributed by atoms with Gasteiger partial charge in [0.2, 0.25) is 0 Å². The van der Waals surface area contributed by atoms with Gasteiger partial charge in [-0.1, -0.05) is 6.07 Å². The molecular weight excluding hydrogens is 256 g/mol. The van der Waals surface area contributed by atoms with Crippen LogP contribution in [0.5, 0.6) is 0 Å². The van der Waals surface area contributed by atoms with E-state index in [2.05, 4.69) is 9.80 Å². The van der Waals surface area contributed by atoms with E-state index in [1.807, 2.05) is 12.1 Å². The molecule has 2 aliphatic rings. The summed E-state index contributed by atoms with van der Waals surface area (Å²) in [5.74, 6) is -0.854. The number of fused-ring (bicyclic) bond motifs is 1. The average Bonchev–Trinajstić information content (AvgIpc) is 2.88. The maximum atomic E-state index is 11.1. The number of benzene rings is 1. The van der Waals surface area contributed by atoms with E-state index in [9.17, 15) is 4.79 Å². The van der Waals surface area contributed by atoms with E-state index in [4.69, 9.17) is 9.84 Å². The summed E-state index contributed by atoms with van der Waals surface area (Å²) in [5.41, 5.74) is 2.73. The Kier molecular flexibility index (Phi) is 3.89. The van der Waals surface area contributed by atoms with Crippen molar-refractivity contribution in [3.05, 3.63) is 29.3 Å². The molecule has 0 bridgehead atoms. The third kappa shape index (κ3) is 2.78. The first-order chi connectivity index (χ1) is 9.74. The highest BCUT2D eigenvalue weighted by molar-refractivity contribution is 5.89. The molecular formula is C15H20N2O3. The lowest BCUT2D eigenvalue weighted by Gasteiger charge is -2.29. The fraction of sp³-hybridized carbons (Fsp3) is 0.533. The van der Waals surface area contributed by atoms with Crippen LogP contribution in [0.4, 0.5) is 5.69 Å². The van der Waals surface area contributed by atoms with E-state index in [1.165, 1.54) is 5.56 Å². The van der Waals surface area contributed by atoms with Crippen molar-refractivity contribution in [1.82, 2.24) is 4.90 Å². The first kappa shape index (κ1) is 13.4. The monoisotopic (exact) mass is 276 g/mol. The Labute approximate surface area is 118 Å². The van der Waals surface area contributed by atoms with Crippen LogP contribution in [-0.4, -0.2) is 61.9 Å². The second-order valence-corrected chi connectivity index (χ2v) is 5.34. The molecule has 1 aromatic carbocycles. The molecule has 1 fully saturated rings. The quantitative estimate of drug-likeness (QED) is 0.892. The maximum absolute atomic E-state index is 11.1. The van der Waals surface area contributed by atoms with E-state index in [0.717, 1.165) is 58.0 Å². The van der Waals surface area contributed by atoms with Crippen LogP contribution in [0.15, 0.2) is 18.2 Å². The minimum atomic E-state index is -0.854. The number of hydrogen-bond donors (Lipinski definition) is 1. The summed E-state index contributed by atoms with van der Waals surface area (Å²) in [4.78, 5) is 15.8. The lowest BCUT2D eigenvalue weighted by atomic mass is 10.1. The van der Waals surface area contributed by atoms with Gasteiger partial charge in [0.05, 0.1) is 18.8 Å². The highest BCUT2D eigenvalue weighted by Gasteiger charge is 2.21. The molecule has 5 nitrogen and oxygen atoms in total. The van der Waals surface area contributed by atoms with Crippen LogP contribution in [0.3, 0.4) is 0 Å². The number of ether oxygens (including phenoxy) is 1. The lowest BCUT2D eigenvalue weighted by molar-refractivity contribution is 0.0392. The third-order valence-electron chi connectivity index (χ3n) is 4.11. The number of morpholine rings is 1. The maximum Gasteiger partial charge on any atom is 0.335 e. The summed E-state index contributed by atoms with van der Waals surface area (Å²) in [6.45, 7) is 6.59. The fourth-order valence-corrected chi connectivity index (χ4v) is 2.90. The number of carboxylic acids is 1. The van der Waals surface area contributed by atoms with Crippen LogP contribution in [-0.2, 0) is 11.2 Å². The van der Waals surface area contributed by atoms with E-state index in [1.54, 1.807) is 6.07 Å². The molecule has 0 aliphatic carbocycles. The number of anilines is 1. The zero-order valence-corrected chi connectivity index (χ0v) is 11.5. The van der Waals surface area contributed by atoms with E-state index >= 15 is 0 Å². The molecule has 0 radical (unpaired) electrons. The third-order valence-corrected chi connectivity index (χ3v) is 4.11. The Hall–Kier alpha value is -1.59. The Bertz CT molecular complexity index is 498. The number of carboxylic acid groups (broad SMARTS) is 1. The van der Waals surface area contributed by atoms with Gasteiger partial charge in [-0.05, 0) is 24.1 Å². The zero-order chi connectivity index (χ0) is 13.9. The van der Waals surface area contributed by atoms with Crippen molar-refractivity contribution in [1.29, 1.82) is 0 Å². The van der Waals surface area contributed by atoms with Crippen molar-refractivity contribution >= 4 is 11.7 Å². The zero-order valence-electron chi connectivity index (χ0n) is 11.5. The molecule has 1 aromatic rings. The smallest absolute Gasteiger partial charge is 0.335 e. The number of rotatable bonds is 4. The number of carbonyl (C=O) groups is 1. The molecule has 20 heavy (non-hydrogen) atoms. The van der Waals surface area contributed by atoms with Crippen molar-refractivity contribution in [2.75, 3.05) is 50.8 Å². The summed E-state index contributed by atoms with van der Waals surface area (Å²) in [6, 6.07) is 5.46. The summed E-state index contributed by atoms with van der Waals surface area (Å²) in [6.07, 6.45) is 1.01. The first-order valence-electron chi connectivity index (χ1n) is 7.15. The molecule has 1 saturated heterocycles. The molecule has 108 valence electrons. The van der Waals surface area contributed by atoms with E-state index in [-0.39, 0.29) is 0 Å². The van der Waals surface area contributed by atoms with Crippen molar-refractivity contribution in [2.45, 2.75) is 6.42 Å². The molecule has 0 saturated carbocycles. The summed E-state index contributed by atoms with van der Waals surface area (Å²) < 4.78 is 5.35. The van der Waals surface area contributed by atoms with Gasteiger partial charge in [-0.2, -0.15) is 0 Å². The van der Waals surface area contributed by atoms with Crippen molar-refractivity contribution in [3.63, 3.8) is 0 Å². The van der Waals surface area contributed by atoms with E-state index in [0.29, 0.717) is 5.56 Å². The lowest BCUT2D eigenvalue weighted by Crippen LogP contribution is -2.41. The van der Waals surface area contributed by atoms with Gasteiger partial charge in [0, 0.05) is 38.4 Å². The fourth-order valence-electron chi connectivity index (χ4n) is 2.90. The predicted octanol–water partition coefficient (Wildman–Crippen LogP) is 1.08. The number of hydrogen-bond acceptors (Lipinski definition) is 4. The standard InChI is InChI=1S/C15H20N2O3/c18-15(19)13-2-1-12-3-4-17(14(12)11-13)6-5-16-7-9-20-10-8-16/h1-2,11H,3-10H2,(H,18,19). The topological polar surface area (TPSA) is 53.0 Å². The Morgan fingerprint density at radius 3 is 2.75 bits per heavy atom. The molecule has 0 aromatic heterocycles. The minimum absolute atomic E-state index is 0.377. The Balaban J connectivity index is 1.65. The van der Waals surface area contributed by atoms with Crippen LogP contribution in [0.1, 0.15) is 15.9 Å². The highest BCUT2D eigenvalue weighted by atomic mass is 16.5. The van der Waals surface area contributed by atoms with Crippen LogP contribution in [0.25, 0.3) is 0 Å². The number of aromatic carboxylic acids is 1. The van der Waals surface area contributed by atoms with Crippen LogP contribution in [0, 0.1) is 0 Å². The predicted molar refractivity (Wildman–Crippen MR) is 76.6 cm³/mol. The number of nitrogens with zero attached hydrogens (tertiary/aromatic N) is 2. The Morgan fingerprint density at radius 1 is 1.20 bits per heavy atom. The van der Waals surface area contributed by atoms with Crippen LogP contribution in [0.2, 0.25) is 0 Å². The second kappa shape index (κ2) is 5.81. The van der Waals surface area contributed by atoms with Gasteiger partial charge < -0.3 is 14.7 Å². The van der Waals surface area contributed by atoms with Crippen molar-refractivity contribution in [2.24, 2.45) is 0 Å². The second-order valence-electron chi connectivity index (χ2n) is 5.34. The normalized spacial score (nSPS) is 19.1. The molecule has 5 heteroatoms. The summed E-state index contributed by atoms with van der Waals surface area (Å²) >= 11 is 0. The van der Waals surface area contributed by atoms with Gasteiger partial charge in [-0.25, -0.2) is 4.79 Å². The van der Waals surface area contributed by atoms with Gasteiger partial charge in [-0.15, -0.1) is 0 Å². The summed E-state index contributed by atoms with van der Waals surface area (Å²) in [5, 5.41) is 9.10. The van der Waals surface area contributed by atoms with E-state index < -0.39 is 5.97 Å². The molecule has 0 atom stereocenters. The van der Waals surface area contributed by atoms with Crippen LogP contribution >= 0.6 is 0 Å². The van der Waals surface area contributed by atoms with Gasteiger partial charge in [0.25, 0.3) is 0 Å². The SMILES string of the molecule is O=C(O)c1ccc2c(c1)N(CCN1CCOCC1)CC2. The van der Waals surface area contributed by atoms with Gasteiger partial charge in [0.15, 0.2) is 0 Å². The van der Waals surface area contributed by atoms with Crippen molar-refractivity contribution in [3.8, 4) is 0 Å². The van der Waals surface area contributed by atoms with Gasteiger partial charge >= 0.3 is 5.97 Å². The molecule has 2 aliphatic heterocycles. The molecule has 0 spiro atoms. The molecule has 1 N–H and O–H groups in total. The molecule has 3 rings (SSSR count). The van der Waals surface area contributed by atoms with Crippen molar-refractivity contribution < 1.29 is 14.6 Å². The first-order valence-corrected chi connectivity index (χ1v) is 7.15. The largest absolute Gasteiger partial charge is 0.478 e. The minimum Gasteiger partial charge on any atom is -0.478 e. The van der Waals surface area contributed by atoms with Gasteiger partial charge in [-0.3, -0.25) is 4.90 Å². The summed E-state index contributed by atoms with van der Waals surface area (Å²) in [7, 11) is 0.